The lowest BCUT2D eigenvalue weighted by atomic mass is 9.97. The van der Waals surface area contributed by atoms with Crippen molar-refractivity contribution in [2.24, 2.45) is 0 Å². The molecule has 9 nitrogen and oxygen atoms in total. The molecule has 11 heteroatoms. The number of hydrogen-bond donors (Lipinski definition) is 0. The lowest BCUT2D eigenvalue weighted by Crippen LogP contribution is -2.50. The number of non-ortho nitro benzene ring substituents is 1. The fourth-order valence-electron chi connectivity index (χ4n) is 3.46. The quantitative estimate of drug-likeness (QED) is 0.261. The SMILES string of the molecule is COC(=O)[C@@H]1CO[C@@H](c2ccccc2)[C@](C)(Br)CN1S(=O)(=O)c1ccc([N+](=O)[O-])cc1. The lowest BCUT2D eigenvalue weighted by molar-refractivity contribution is -0.384. The summed E-state index contributed by atoms with van der Waals surface area (Å²) in [4.78, 5) is 22.6. The molecule has 0 unspecified atom stereocenters. The van der Waals surface area contributed by atoms with Crippen molar-refractivity contribution < 1.29 is 27.6 Å². The Hall–Kier alpha value is -2.34. The van der Waals surface area contributed by atoms with Gasteiger partial charge >= 0.3 is 5.97 Å². The Morgan fingerprint density at radius 1 is 1.23 bits per heavy atom. The molecule has 0 spiro atoms. The van der Waals surface area contributed by atoms with Gasteiger partial charge in [0.2, 0.25) is 10.0 Å². The van der Waals surface area contributed by atoms with Crippen LogP contribution in [0.2, 0.25) is 0 Å². The average molecular weight is 513 g/mol. The summed E-state index contributed by atoms with van der Waals surface area (Å²) in [6.45, 7) is 1.45. The average Bonchev–Trinajstić information content (AvgIpc) is 2.89. The summed E-state index contributed by atoms with van der Waals surface area (Å²) in [6, 6.07) is 12.5. The van der Waals surface area contributed by atoms with E-state index in [0.717, 1.165) is 34.1 Å². The van der Waals surface area contributed by atoms with Gasteiger partial charge in [-0.3, -0.25) is 14.9 Å². The van der Waals surface area contributed by atoms with Crippen molar-refractivity contribution in [2.45, 2.75) is 28.3 Å². The van der Waals surface area contributed by atoms with Crippen LogP contribution >= 0.6 is 15.9 Å². The van der Waals surface area contributed by atoms with Crippen molar-refractivity contribution in [2.75, 3.05) is 20.3 Å². The Balaban J connectivity index is 2.04. The molecule has 1 saturated heterocycles. The van der Waals surface area contributed by atoms with E-state index in [4.69, 9.17) is 9.47 Å². The number of alkyl halides is 1. The third-order valence-corrected chi connectivity index (χ3v) is 7.55. The number of nitro groups is 1. The highest BCUT2D eigenvalue weighted by atomic mass is 79.9. The van der Waals surface area contributed by atoms with Gasteiger partial charge in [0, 0.05) is 18.7 Å². The number of methoxy groups -OCH3 is 1. The Kier molecular flexibility index (Phi) is 6.79. The second kappa shape index (κ2) is 9.03. The van der Waals surface area contributed by atoms with E-state index in [0.29, 0.717) is 0 Å². The Morgan fingerprint density at radius 2 is 1.84 bits per heavy atom. The zero-order valence-corrected chi connectivity index (χ0v) is 19.2. The molecule has 0 aliphatic carbocycles. The van der Waals surface area contributed by atoms with Gasteiger partial charge in [0.15, 0.2) is 0 Å². The molecule has 0 N–H and O–H groups in total. The smallest absolute Gasteiger partial charge is 0.326 e. The van der Waals surface area contributed by atoms with E-state index in [1.165, 1.54) is 7.11 Å². The predicted octanol–water partition coefficient (Wildman–Crippen LogP) is 3.05. The van der Waals surface area contributed by atoms with Crippen molar-refractivity contribution >= 4 is 37.6 Å². The van der Waals surface area contributed by atoms with Gasteiger partial charge in [-0.25, -0.2) is 8.42 Å². The first-order chi connectivity index (χ1) is 14.6. The number of nitrogens with zero attached hydrogens (tertiary/aromatic N) is 2. The number of halogens is 1. The molecule has 31 heavy (non-hydrogen) atoms. The van der Waals surface area contributed by atoms with Crippen LogP contribution in [0.15, 0.2) is 59.5 Å². The first-order valence-electron chi connectivity index (χ1n) is 9.27. The van der Waals surface area contributed by atoms with E-state index in [-0.39, 0.29) is 23.7 Å². The summed E-state index contributed by atoms with van der Waals surface area (Å²) >= 11 is 3.61. The van der Waals surface area contributed by atoms with E-state index < -0.39 is 37.4 Å². The lowest BCUT2D eigenvalue weighted by Gasteiger charge is -2.33. The van der Waals surface area contributed by atoms with Crippen molar-refractivity contribution in [3.8, 4) is 0 Å². The number of rotatable bonds is 5. The van der Waals surface area contributed by atoms with Gasteiger partial charge in [0.05, 0.1) is 34.0 Å². The highest BCUT2D eigenvalue weighted by Crippen LogP contribution is 2.41. The van der Waals surface area contributed by atoms with Gasteiger partial charge in [-0.05, 0) is 24.6 Å². The third-order valence-electron chi connectivity index (χ3n) is 5.01. The van der Waals surface area contributed by atoms with Crippen LogP contribution in [0.1, 0.15) is 18.6 Å². The summed E-state index contributed by atoms with van der Waals surface area (Å²) in [5.41, 5.74) is 0.581. The first-order valence-corrected chi connectivity index (χ1v) is 11.5. The third kappa shape index (κ3) is 4.79. The fourth-order valence-corrected chi connectivity index (χ4v) is 5.97. The second-order valence-electron chi connectivity index (χ2n) is 7.24. The number of esters is 1. The van der Waals surface area contributed by atoms with Crippen molar-refractivity contribution in [3.05, 3.63) is 70.3 Å². The number of hydrogen-bond acceptors (Lipinski definition) is 7. The van der Waals surface area contributed by atoms with Crippen LogP contribution in [0.3, 0.4) is 0 Å². The number of ether oxygens (including phenoxy) is 2. The molecule has 1 fully saturated rings. The minimum Gasteiger partial charge on any atom is -0.468 e. The maximum Gasteiger partial charge on any atom is 0.326 e. The number of benzene rings is 2. The fraction of sp³-hybridized carbons (Fsp3) is 0.350. The first kappa shape index (κ1) is 23.3. The van der Waals surface area contributed by atoms with Crippen LogP contribution in [0.5, 0.6) is 0 Å². The van der Waals surface area contributed by atoms with Crippen molar-refractivity contribution in [3.63, 3.8) is 0 Å². The van der Waals surface area contributed by atoms with Gasteiger partial charge in [-0.2, -0.15) is 4.31 Å². The number of nitro benzene ring substituents is 1. The molecule has 3 rings (SSSR count). The van der Waals surface area contributed by atoms with Crippen LogP contribution in [0, 0.1) is 10.1 Å². The van der Waals surface area contributed by atoms with E-state index in [9.17, 15) is 23.3 Å². The molecule has 166 valence electrons. The normalized spacial score (nSPS) is 24.9. The molecule has 0 saturated carbocycles. The van der Waals surface area contributed by atoms with Crippen LogP contribution in [-0.2, 0) is 24.3 Å². The Morgan fingerprint density at radius 3 is 2.39 bits per heavy atom. The number of sulfonamides is 1. The molecule has 0 radical (unpaired) electrons. The number of carbonyl (C=O) groups is 1. The summed E-state index contributed by atoms with van der Waals surface area (Å²) < 4.78 is 37.9. The van der Waals surface area contributed by atoms with Crippen LogP contribution in [0.4, 0.5) is 5.69 Å². The van der Waals surface area contributed by atoms with Gasteiger partial charge in [-0.15, -0.1) is 0 Å². The van der Waals surface area contributed by atoms with Gasteiger partial charge < -0.3 is 9.47 Å². The Labute approximate surface area is 188 Å². The molecule has 2 aromatic carbocycles. The van der Waals surface area contributed by atoms with Crippen molar-refractivity contribution in [1.82, 2.24) is 4.31 Å². The maximum atomic E-state index is 13.5. The summed E-state index contributed by atoms with van der Waals surface area (Å²) in [7, 11) is -3.04. The van der Waals surface area contributed by atoms with E-state index in [1.54, 1.807) is 6.92 Å². The molecule has 0 bridgehead atoms. The molecule has 1 aliphatic rings. The Bertz CT molecular complexity index is 1060. The summed E-state index contributed by atoms with van der Waals surface area (Å²) in [5.74, 6) is -0.762. The zero-order valence-electron chi connectivity index (χ0n) is 16.8. The van der Waals surface area contributed by atoms with Crippen LogP contribution in [-0.4, -0.2) is 54.2 Å². The highest BCUT2D eigenvalue weighted by molar-refractivity contribution is 9.10. The van der Waals surface area contributed by atoms with Crippen LogP contribution < -0.4 is 0 Å². The van der Waals surface area contributed by atoms with Gasteiger partial charge in [0.1, 0.15) is 6.04 Å². The van der Waals surface area contributed by atoms with E-state index in [2.05, 4.69) is 15.9 Å². The van der Waals surface area contributed by atoms with Gasteiger partial charge in [0.25, 0.3) is 5.69 Å². The molecule has 1 heterocycles. The largest absolute Gasteiger partial charge is 0.468 e. The molecule has 3 atom stereocenters. The molecular weight excluding hydrogens is 492 g/mol. The zero-order chi connectivity index (χ0) is 22.8. The van der Waals surface area contributed by atoms with Crippen molar-refractivity contribution in [1.29, 1.82) is 0 Å². The minimum atomic E-state index is -4.21. The molecule has 0 aromatic heterocycles. The molecule has 1 aliphatic heterocycles. The molecule has 0 amide bonds. The monoisotopic (exact) mass is 512 g/mol. The number of carbonyl (C=O) groups excluding carboxylic acids is 1. The topological polar surface area (TPSA) is 116 Å². The molecule has 2 aromatic rings. The minimum absolute atomic E-state index is 0.106. The van der Waals surface area contributed by atoms with Crippen LogP contribution in [0.25, 0.3) is 0 Å². The second-order valence-corrected chi connectivity index (χ2v) is 10.9. The van der Waals surface area contributed by atoms with E-state index >= 15 is 0 Å². The maximum absolute atomic E-state index is 13.5. The molecular formula is C20H21BrN2O7S. The highest BCUT2D eigenvalue weighted by Gasteiger charge is 2.47. The van der Waals surface area contributed by atoms with Gasteiger partial charge in [-0.1, -0.05) is 46.3 Å². The predicted molar refractivity (Wildman–Crippen MR) is 115 cm³/mol. The summed E-state index contributed by atoms with van der Waals surface area (Å²) in [6.07, 6.45) is -0.544. The van der Waals surface area contributed by atoms with E-state index in [1.807, 2.05) is 30.3 Å². The summed E-state index contributed by atoms with van der Waals surface area (Å²) in [5, 5.41) is 10.9. The standard InChI is InChI=1S/C20H21BrN2O7S/c1-20(21)13-22(31(27,28)16-10-8-15(9-11-16)23(25)26)17(19(24)29-2)12-30-18(20)14-6-4-3-5-7-14/h3-11,17-18H,12-13H2,1-2H3/t17-,18-,20+/m0/s1.